The first-order valence-electron chi connectivity index (χ1n) is 7.54. The van der Waals surface area contributed by atoms with Crippen LogP contribution in [0.25, 0.3) is 21.9 Å². The first-order valence-corrected chi connectivity index (χ1v) is 8.63. The van der Waals surface area contributed by atoms with Crippen LogP contribution in [0.1, 0.15) is 0 Å². The third kappa shape index (κ3) is 3.35. The van der Waals surface area contributed by atoms with Crippen LogP contribution in [-0.4, -0.2) is 35.3 Å². The van der Waals surface area contributed by atoms with Crippen LogP contribution in [0.4, 0.5) is 5.82 Å². The monoisotopic (exact) mass is 409 g/mol. The number of likely N-dealkylation sites (N-methyl/N-ethyl adjacent to an activating group) is 1. The largest absolute Gasteiger partial charge is 0.384 e. The number of carbonyl (C=O) groups is 1. The number of hydrogen-bond acceptors (Lipinski definition) is 4. The van der Waals surface area contributed by atoms with Gasteiger partial charge in [-0.15, -0.1) is 0 Å². The average Bonchev–Trinajstić information content (AvgIpc) is 2.88. The van der Waals surface area contributed by atoms with Gasteiger partial charge in [0, 0.05) is 47.9 Å². The number of nitrogens with one attached hydrogen (secondary N) is 2. The molecule has 26 heavy (non-hydrogen) atoms. The SMILES string of the molecule is CN=CC=C(NC)C(=O)Nc1ccc2c3cc(Cl)cc(Cl)c3n(Cl)c2n1. The second kappa shape index (κ2) is 7.53. The van der Waals surface area contributed by atoms with Gasteiger partial charge in [0.05, 0.1) is 10.5 Å². The van der Waals surface area contributed by atoms with Gasteiger partial charge >= 0.3 is 0 Å². The summed E-state index contributed by atoms with van der Waals surface area (Å²) in [5.74, 6) is 0.00146. The lowest BCUT2D eigenvalue weighted by atomic mass is 10.2. The van der Waals surface area contributed by atoms with Gasteiger partial charge in [-0.25, -0.2) is 9.07 Å². The van der Waals surface area contributed by atoms with Crippen LogP contribution < -0.4 is 10.6 Å². The Balaban J connectivity index is 2.05. The summed E-state index contributed by atoms with van der Waals surface area (Å²) in [5.41, 5.74) is 1.42. The van der Waals surface area contributed by atoms with E-state index in [1.165, 1.54) is 10.3 Å². The van der Waals surface area contributed by atoms with Crippen LogP contribution >= 0.6 is 35.0 Å². The quantitative estimate of drug-likeness (QED) is 0.499. The Labute approximate surface area is 164 Å². The Morgan fingerprint density at radius 3 is 2.73 bits per heavy atom. The third-order valence-electron chi connectivity index (χ3n) is 3.72. The number of amides is 1. The molecule has 1 amide bonds. The fraction of sp³-hybridized carbons (Fsp3) is 0.118. The molecule has 1 aromatic carbocycles. The molecule has 0 spiro atoms. The first kappa shape index (κ1) is 18.5. The molecule has 0 radical (unpaired) electrons. The number of rotatable bonds is 4. The Bertz CT molecular complexity index is 1070. The molecule has 0 aliphatic carbocycles. The van der Waals surface area contributed by atoms with Crippen LogP contribution in [-0.2, 0) is 4.79 Å². The van der Waals surface area contributed by atoms with Gasteiger partial charge < -0.3 is 10.6 Å². The van der Waals surface area contributed by atoms with E-state index in [-0.39, 0.29) is 5.91 Å². The zero-order valence-corrected chi connectivity index (χ0v) is 16.1. The van der Waals surface area contributed by atoms with E-state index in [1.807, 2.05) is 6.07 Å². The van der Waals surface area contributed by atoms with E-state index in [4.69, 9.17) is 35.0 Å². The summed E-state index contributed by atoms with van der Waals surface area (Å²) < 4.78 is 1.36. The Morgan fingerprint density at radius 1 is 1.27 bits per heavy atom. The van der Waals surface area contributed by atoms with E-state index < -0.39 is 0 Å². The number of fused-ring (bicyclic) bond motifs is 3. The minimum atomic E-state index is -0.349. The summed E-state index contributed by atoms with van der Waals surface area (Å²) >= 11 is 18.7. The second-order valence-corrected chi connectivity index (χ2v) is 6.51. The number of hydrogen-bond donors (Lipinski definition) is 2. The van der Waals surface area contributed by atoms with E-state index in [9.17, 15) is 4.79 Å². The molecular weight excluding hydrogens is 397 g/mol. The number of benzene rings is 1. The summed E-state index contributed by atoms with van der Waals surface area (Å²) in [6.45, 7) is 0. The molecule has 0 atom stereocenters. The first-order chi connectivity index (χ1) is 12.5. The third-order valence-corrected chi connectivity index (χ3v) is 4.56. The van der Waals surface area contributed by atoms with Crippen molar-refractivity contribution in [2.45, 2.75) is 0 Å². The number of aliphatic imine (C=N–C) groups is 1. The van der Waals surface area contributed by atoms with Crippen molar-refractivity contribution in [1.29, 1.82) is 0 Å². The lowest BCUT2D eigenvalue weighted by molar-refractivity contribution is -0.113. The van der Waals surface area contributed by atoms with E-state index in [1.54, 1.807) is 38.4 Å². The minimum absolute atomic E-state index is 0.346. The summed E-state index contributed by atoms with van der Waals surface area (Å²) in [6.07, 6.45) is 3.08. The van der Waals surface area contributed by atoms with Gasteiger partial charge in [0.1, 0.15) is 11.5 Å². The summed E-state index contributed by atoms with van der Waals surface area (Å²) in [6, 6.07) is 6.88. The summed E-state index contributed by atoms with van der Waals surface area (Å²) in [4.78, 5) is 20.6. The fourth-order valence-electron chi connectivity index (χ4n) is 2.56. The number of carbonyl (C=O) groups excluding carboxylic acids is 1. The highest BCUT2D eigenvalue weighted by Crippen LogP contribution is 2.36. The lowest BCUT2D eigenvalue weighted by Gasteiger charge is -2.07. The van der Waals surface area contributed by atoms with Gasteiger partial charge in [-0.05, 0) is 30.3 Å². The average molecular weight is 411 g/mol. The van der Waals surface area contributed by atoms with Crippen molar-refractivity contribution in [2.24, 2.45) is 4.99 Å². The number of aromatic nitrogens is 2. The molecule has 0 fully saturated rings. The molecule has 3 aromatic rings. The molecule has 9 heteroatoms. The molecular formula is C17H14Cl3N5O. The molecule has 0 aliphatic rings. The van der Waals surface area contributed by atoms with Gasteiger partial charge in [0.25, 0.3) is 5.91 Å². The predicted octanol–water partition coefficient (Wildman–Crippen LogP) is 4.24. The highest BCUT2D eigenvalue weighted by molar-refractivity contribution is 6.41. The zero-order chi connectivity index (χ0) is 18.8. The Hall–Kier alpha value is -2.28. The standard InChI is InChI=1S/C17H14Cl3N5O/c1-21-6-5-13(22-2)17(26)24-14-4-3-10-11-7-9(18)8-12(19)15(11)25(20)16(10)23-14/h3-8,22H,1-2H3,(H,23,24,26). The van der Waals surface area contributed by atoms with Crippen molar-refractivity contribution < 1.29 is 4.79 Å². The van der Waals surface area contributed by atoms with Crippen molar-refractivity contribution in [3.63, 3.8) is 0 Å². The maximum Gasteiger partial charge on any atom is 0.272 e. The van der Waals surface area contributed by atoms with Crippen molar-refractivity contribution in [2.75, 3.05) is 19.4 Å². The normalized spacial score (nSPS) is 12.3. The fourth-order valence-corrected chi connectivity index (χ4v) is 3.49. The molecule has 0 saturated carbocycles. The number of anilines is 1. The summed E-state index contributed by atoms with van der Waals surface area (Å²) in [5, 5.41) is 8.01. The Morgan fingerprint density at radius 2 is 2.04 bits per heavy atom. The van der Waals surface area contributed by atoms with Crippen molar-refractivity contribution in [3.8, 4) is 0 Å². The van der Waals surface area contributed by atoms with Crippen LogP contribution in [0.15, 0.2) is 41.0 Å². The highest BCUT2D eigenvalue weighted by atomic mass is 35.5. The molecule has 6 nitrogen and oxygen atoms in total. The van der Waals surface area contributed by atoms with E-state index in [0.717, 1.165) is 10.8 Å². The molecule has 0 unspecified atom stereocenters. The molecule has 0 aliphatic heterocycles. The van der Waals surface area contributed by atoms with Gasteiger partial charge in [-0.1, -0.05) is 23.2 Å². The van der Waals surface area contributed by atoms with E-state index >= 15 is 0 Å². The molecule has 134 valence electrons. The molecule has 0 saturated heterocycles. The number of allylic oxidation sites excluding steroid dienone is 1. The number of halogens is 3. The molecule has 3 rings (SSSR count). The maximum absolute atomic E-state index is 12.3. The molecule has 2 N–H and O–H groups in total. The zero-order valence-electron chi connectivity index (χ0n) is 13.8. The van der Waals surface area contributed by atoms with Crippen LogP contribution in [0.2, 0.25) is 10.0 Å². The molecule has 2 aromatic heterocycles. The molecule has 2 heterocycles. The van der Waals surface area contributed by atoms with Crippen molar-refractivity contribution in [1.82, 2.24) is 14.4 Å². The van der Waals surface area contributed by atoms with Crippen LogP contribution in [0, 0.1) is 0 Å². The van der Waals surface area contributed by atoms with Gasteiger partial charge in [-0.2, -0.15) is 0 Å². The van der Waals surface area contributed by atoms with Gasteiger partial charge in [-0.3, -0.25) is 9.79 Å². The van der Waals surface area contributed by atoms with Gasteiger partial charge in [0.15, 0.2) is 5.65 Å². The van der Waals surface area contributed by atoms with Crippen molar-refractivity contribution >= 4 is 74.9 Å². The minimum Gasteiger partial charge on any atom is -0.384 e. The van der Waals surface area contributed by atoms with Crippen LogP contribution in [0.5, 0.6) is 0 Å². The van der Waals surface area contributed by atoms with E-state index in [2.05, 4.69) is 20.6 Å². The predicted molar refractivity (Wildman–Crippen MR) is 109 cm³/mol. The van der Waals surface area contributed by atoms with Crippen molar-refractivity contribution in [3.05, 3.63) is 46.1 Å². The highest BCUT2D eigenvalue weighted by Gasteiger charge is 2.16. The Kier molecular flexibility index (Phi) is 5.36. The second-order valence-electron chi connectivity index (χ2n) is 5.32. The lowest BCUT2D eigenvalue weighted by Crippen LogP contribution is -2.23. The van der Waals surface area contributed by atoms with Crippen LogP contribution in [0.3, 0.4) is 0 Å². The number of pyridine rings is 1. The number of nitrogens with zero attached hydrogens (tertiary/aromatic N) is 3. The van der Waals surface area contributed by atoms with E-state index in [0.29, 0.717) is 32.7 Å². The maximum atomic E-state index is 12.3. The summed E-state index contributed by atoms with van der Waals surface area (Å²) in [7, 11) is 3.27. The topological polar surface area (TPSA) is 71.3 Å². The smallest absolute Gasteiger partial charge is 0.272 e. The van der Waals surface area contributed by atoms with Gasteiger partial charge in [0.2, 0.25) is 0 Å². The molecule has 0 bridgehead atoms.